The Morgan fingerprint density at radius 3 is 2.96 bits per heavy atom. The largest absolute Gasteiger partial charge is 0.465 e. The molecule has 1 aromatic carbocycles. The van der Waals surface area contributed by atoms with E-state index < -0.39 is 11.0 Å². The molecule has 1 amide bonds. The van der Waals surface area contributed by atoms with Crippen LogP contribution in [0.3, 0.4) is 0 Å². The maximum absolute atomic E-state index is 13.5. The van der Waals surface area contributed by atoms with Gasteiger partial charge in [0.05, 0.1) is 6.61 Å². The van der Waals surface area contributed by atoms with Crippen LogP contribution in [-0.4, -0.2) is 36.0 Å². The molecule has 0 saturated carbocycles. The fourth-order valence-corrected chi connectivity index (χ4v) is 5.76. The topological polar surface area (TPSA) is 58.6 Å². The molecule has 1 N–H and O–H groups in total. The molecule has 1 aromatic rings. The van der Waals surface area contributed by atoms with E-state index in [1.807, 2.05) is 38.1 Å². The number of fused-ring (bicyclic) bond motifs is 4. The molecular formula is C20H23BrN2O3. The second kappa shape index (κ2) is 5.92. The standard InChI is InChI=1S/C20H23BrN2O3/c1-4-13-16-7-6-10-23(16)20(19(13,3)18(25)26-5-2)14-9-8-12(21)11-15(14)22-17(20)24/h4,8-9,11,16H,5-7,10H2,1-3H3,(H,22,24)/b13-4-/t16-,19-,20-/m1/s1. The summed E-state index contributed by atoms with van der Waals surface area (Å²) >= 11 is 3.48. The number of rotatable bonds is 2. The highest BCUT2D eigenvalue weighted by molar-refractivity contribution is 9.10. The third kappa shape index (κ3) is 1.89. The van der Waals surface area contributed by atoms with E-state index in [4.69, 9.17) is 4.74 Å². The summed E-state index contributed by atoms with van der Waals surface area (Å²) in [5.74, 6) is -0.460. The Balaban J connectivity index is 2.04. The number of hydrogen-bond donors (Lipinski definition) is 1. The number of nitrogens with one attached hydrogen (secondary N) is 1. The van der Waals surface area contributed by atoms with Crippen LogP contribution in [0.4, 0.5) is 5.69 Å². The van der Waals surface area contributed by atoms with E-state index in [1.165, 1.54) is 0 Å². The normalized spacial score (nSPS) is 34.2. The van der Waals surface area contributed by atoms with Crippen molar-refractivity contribution in [3.63, 3.8) is 0 Å². The van der Waals surface area contributed by atoms with Gasteiger partial charge in [-0.15, -0.1) is 0 Å². The van der Waals surface area contributed by atoms with Gasteiger partial charge in [-0.2, -0.15) is 0 Å². The number of halogens is 1. The smallest absolute Gasteiger partial charge is 0.318 e. The van der Waals surface area contributed by atoms with E-state index in [-0.39, 0.29) is 17.9 Å². The maximum Gasteiger partial charge on any atom is 0.318 e. The van der Waals surface area contributed by atoms with E-state index in [2.05, 4.69) is 26.1 Å². The summed E-state index contributed by atoms with van der Waals surface area (Å²) in [6, 6.07) is 5.90. The molecule has 0 radical (unpaired) electrons. The predicted octanol–water partition coefficient (Wildman–Crippen LogP) is 3.59. The molecule has 2 fully saturated rings. The number of amides is 1. The van der Waals surface area contributed by atoms with Gasteiger partial charge in [0.2, 0.25) is 0 Å². The Morgan fingerprint density at radius 2 is 2.27 bits per heavy atom. The average Bonchev–Trinajstić information content (AvgIpc) is 3.22. The van der Waals surface area contributed by atoms with Gasteiger partial charge in [-0.25, -0.2) is 0 Å². The van der Waals surface area contributed by atoms with Crippen molar-refractivity contribution < 1.29 is 14.3 Å². The molecule has 0 aliphatic carbocycles. The molecule has 6 heteroatoms. The van der Waals surface area contributed by atoms with Crippen molar-refractivity contribution in [3.8, 4) is 0 Å². The Kier molecular flexibility index (Phi) is 4.04. The highest BCUT2D eigenvalue weighted by Gasteiger charge is 2.74. The molecule has 1 spiro atoms. The number of hydrogen-bond acceptors (Lipinski definition) is 4. The lowest BCUT2D eigenvalue weighted by molar-refractivity contribution is -0.161. The SMILES string of the molecule is C/C=C1/[C@H]2CCCN2[C@]2(C(=O)Nc3cc(Br)ccc32)[C@@]1(C)C(=O)OCC. The number of benzene rings is 1. The van der Waals surface area contributed by atoms with Crippen molar-refractivity contribution in [1.82, 2.24) is 4.90 Å². The molecule has 26 heavy (non-hydrogen) atoms. The van der Waals surface area contributed by atoms with E-state index in [0.717, 1.165) is 40.7 Å². The lowest BCUT2D eigenvalue weighted by Gasteiger charge is -2.41. The van der Waals surface area contributed by atoms with Gasteiger partial charge in [0.1, 0.15) is 11.0 Å². The first kappa shape index (κ1) is 17.7. The van der Waals surface area contributed by atoms with E-state index >= 15 is 0 Å². The molecule has 0 unspecified atom stereocenters. The van der Waals surface area contributed by atoms with Crippen LogP contribution in [-0.2, 0) is 19.9 Å². The third-order valence-corrected chi connectivity index (χ3v) is 6.78. The number of ether oxygens (including phenoxy) is 1. The molecule has 3 aliphatic rings. The zero-order valence-electron chi connectivity index (χ0n) is 15.3. The lowest BCUT2D eigenvalue weighted by atomic mass is 9.65. The molecule has 0 aromatic heterocycles. The number of allylic oxidation sites excluding steroid dienone is 1. The van der Waals surface area contributed by atoms with Gasteiger partial charge in [0.25, 0.3) is 5.91 Å². The summed E-state index contributed by atoms with van der Waals surface area (Å²) in [6.07, 6.45) is 3.98. The minimum absolute atomic E-state index is 0.0924. The number of esters is 1. The van der Waals surface area contributed by atoms with Crippen LogP contribution >= 0.6 is 15.9 Å². The first-order chi connectivity index (χ1) is 12.4. The average molecular weight is 419 g/mol. The molecule has 3 atom stereocenters. The van der Waals surface area contributed by atoms with Crippen LogP contribution in [0.2, 0.25) is 0 Å². The third-order valence-electron chi connectivity index (χ3n) is 6.29. The summed E-state index contributed by atoms with van der Waals surface area (Å²) in [5.41, 5.74) is 0.525. The molecule has 4 rings (SSSR count). The summed E-state index contributed by atoms with van der Waals surface area (Å²) in [5, 5.41) is 3.03. The molecule has 0 bridgehead atoms. The van der Waals surface area contributed by atoms with Crippen molar-refractivity contribution in [3.05, 3.63) is 39.9 Å². The zero-order valence-corrected chi connectivity index (χ0v) is 16.9. The van der Waals surface area contributed by atoms with E-state index in [0.29, 0.717) is 6.61 Å². The van der Waals surface area contributed by atoms with Crippen LogP contribution in [0.5, 0.6) is 0 Å². The van der Waals surface area contributed by atoms with E-state index in [1.54, 1.807) is 6.92 Å². The summed E-state index contributed by atoms with van der Waals surface area (Å²) in [6.45, 7) is 6.73. The van der Waals surface area contributed by atoms with Gasteiger partial charge >= 0.3 is 5.97 Å². The van der Waals surface area contributed by atoms with E-state index in [9.17, 15) is 9.59 Å². The predicted molar refractivity (Wildman–Crippen MR) is 103 cm³/mol. The Morgan fingerprint density at radius 1 is 1.50 bits per heavy atom. The van der Waals surface area contributed by atoms with Gasteiger partial charge in [0, 0.05) is 28.3 Å². The lowest BCUT2D eigenvalue weighted by Crippen LogP contribution is -2.58. The van der Waals surface area contributed by atoms with Crippen molar-refractivity contribution in [2.24, 2.45) is 5.41 Å². The van der Waals surface area contributed by atoms with Crippen molar-refractivity contribution >= 4 is 33.5 Å². The van der Waals surface area contributed by atoms with Crippen LogP contribution in [0.25, 0.3) is 0 Å². The molecular weight excluding hydrogens is 396 g/mol. The molecule has 3 aliphatic heterocycles. The van der Waals surface area contributed by atoms with Gasteiger partial charge < -0.3 is 10.1 Å². The summed E-state index contributed by atoms with van der Waals surface area (Å²) in [4.78, 5) is 29.0. The first-order valence-corrected chi connectivity index (χ1v) is 9.94. The first-order valence-electron chi connectivity index (χ1n) is 9.15. The van der Waals surface area contributed by atoms with Crippen LogP contribution in [0.15, 0.2) is 34.3 Å². The Bertz CT molecular complexity index is 836. The maximum atomic E-state index is 13.5. The van der Waals surface area contributed by atoms with Crippen molar-refractivity contribution in [2.75, 3.05) is 18.5 Å². The van der Waals surface area contributed by atoms with Gasteiger partial charge in [-0.05, 0) is 51.3 Å². The number of nitrogens with zero attached hydrogens (tertiary/aromatic N) is 1. The van der Waals surface area contributed by atoms with Gasteiger partial charge in [-0.1, -0.05) is 28.1 Å². The number of carbonyl (C=O) groups excluding carboxylic acids is 2. The summed E-state index contributed by atoms with van der Waals surface area (Å²) in [7, 11) is 0. The minimum Gasteiger partial charge on any atom is -0.465 e. The molecule has 3 heterocycles. The monoisotopic (exact) mass is 418 g/mol. The quantitative estimate of drug-likeness (QED) is 0.588. The van der Waals surface area contributed by atoms with Crippen LogP contribution in [0, 0.1) is 5.41 Å². The number of carbonyl (C=O) groups is 2. The van der Waals surface area contributed by atoms with Crippen molar-refractivity contribution in [2.45, 2.75) is 45.2 Å². The van der Waals surface area contributed by atoms with Gasteiger partial charge in [0.15, 0.2) is 0 Å². The second-order valence-electron chi connectivity index (χ2n) is 7.30. The Hall–Kier alpha value is -1.66. The van der Waals surface area contributed by atoms with Gasteiger partial charge in [-0.3, -0.25) is 14.5 Å². The molecule has 2 saturated heterocycles. The van der Waals surface area contributed by atoms with Crippen LogP contribution in [0.1, 0.15) is 39.2 Å². The van der Waals surface area contributed by atoms with Crippen LogP contribution < -0.4 is 5.32 Å². The second-order valence-corrected chi connectivity index (χ2v) is 8.21. The Labute approximate surface area is 161 Å². The minimum atomic E-state index is -1.06. The summed E-state index contributed by atoms with van der Waals surface area (Å²) < 4.78 is 6.40. The number of anilines is 1. The highest BCUT2D eigenvalue weighted by atomic mass is 79.9. The fourth-order valence-electron chi connectivity index (χ4n) is 5.39. The molecule has 5 nitrogen and oxygen atoms in total. The fraction of sp³-hybridized carbons (Fsp3) is 0.500. The highest BCUT2D eigenvalue weighted by Crippen LogP contribution is 2.64. The molecule has 138 valence electrons. The zero-order chi connectivity index (χ0) is 18.7. The van der Waals surface area contributed by atoms with Crippen molar-refractivity contribution in [1.29, 1.82) is 0 Å².